The fraction of sp³-hybridized carbons (Fsp3) is 0.778. The molecule has 0 aromatic heterocycles. The first-order chi connectivity index (χ1) is 5.17. The van der Waals surface area contributed by atoms with Crippen LogP contribution in [0.4, 0.5) is 0 Å². The molecule has 0 spiro atoms. The normalized spacial score (nSPS) is 21.6. The van der Waals surface area contributed by atoms with Gasteiger partial charge in [-0.3, -0.25) is 0 Å². The Hall–Kier alpha value is -0.0831. The predicted molar refractivity (Wildman–Crippen MR) is 53.1 cm³/mol. The summed E-state index contributed by atoms with van der Waals surface area (Å²) in [6.07, 6.45) is 4.21. The highest BCUT2D eigenvalue weighted by atomic mass is 28.3. The molecule has 2 heteroatoms. The van der Waals surface area contributed by atoms with Crippen LogP contribution in [0.25, 0.3) is 0 Å². The molecule has 1 aliphatic rings. The SMILES string of the molecule is C=C[Si](C)(C)N1CCCCC1. The lowest BCUT2D eigenvalue weighted by atomic mass is 10.2. The summed E-state index contributed by atoms with van der Waals surface area (Å²) in [5, 5.41) is 0. The first kappa shape index (κ1) is 9.01. The van der Waals surface area contributed by atoms with Crippen molar-refractivity contribution in [2.75, 3.05) is 13.1 Å². The van der Waals surface area contributed by atoms with Crippen molar-refractivity contribution in [2.45, 2.75) is 32.4 Å². The zero-order valence-electron chi connectivity index (χ0n) is 7.77. The second kappa shape index (κ2) is 3.54. The Labute approximate surface area is 71.2 Å². The Morgan fingerprint density at radius 2 is 1.73 bits per heavy atom. The minimum atomic E-state index is -1.18. The molecular weight excluding hydrogens is 150 g/mol. The average molecular weight is 169 g/mol. The molecule has 0 unspecified atom stereocenters. The van der Waals surface area contributed by atoms with E-state index in [-0.39, 0.29) is 0 Å². The molecule has 11 heavy (non-hydrogen) atoms. The summed E-state index contributed by atoms with van der Waals surface area (Å²) in [5.74, 6) is 0. The average Bonchev–Trinajstić information content (AvgIpc) is 2.06. The lowest BCUT2D eigenvalue weighted by molar-refractivity contribution is 0.348. The number of hydrogen-bond donors (Lipinski definition) is 0. The molecule has 0 amide bonds. The van der Waals surface area contributed by atoms with Gasteiger partial charge in [0.1, 0.15) is 8.24 Å². The highest BCUT2D eigenvalue weighted by molar-refractivity contribution is 6.79. The van der Waals surface area contributed by atoms with Crippen LogP contribution in [0.2, 0.25) is 13.1 Å². The van der Waals surface area contributed by atoms with E-state index >= 15 is 0 Å². The third kappa shape index (κ3) is 2.17. The molecule has 1 aliphatic heterocycles. The Morgan fingerprint density at radius 1 is 1.18 bits per heavy atom. The van der Waals surface area contributed by atoms with Crippen LogP contribution in [0, 0.1) is 0 Å². The second-order valence-electron chi connectivity index (χ2n) is 3.91. The van der Waals surface area contributed by atoms with E-state index in [1.165, 1.54) is 32.4 Å². The molecule has 0 bridgehead atoms. The van der Waals surface area contributed by atoms with Gasteiger partial charge in [-0.25, -0.2) is 0 Å². The highest BCUT2D eigenvalue weighted by Crippen LogP contribution is 2.17. The quantitative estimate of drug-likeness (QED) is 0.574. The van der Waals surface area contributed by atoms with Crippen LogP contribution in [0.1, 0.15) is 19.3 Å². The molecule has 1 saturated heterocycles. The number of rotatable bonds is 2. The van der Waals surface area contributed by atoms with Gasteiger partial charge < -0.3 is 4.57 Å². The van der Waals surface area contributed by atoms with Crippen molar-refractivity contribution in [1.29, 1.82) is 0 Å². The van der Waals surface area contributed by atoms with Crippen molar-refractivity contribution in [2.24, 2.45) is 0 Å². The minimum Gasteiger partial charge on any atom is -0.321 e. The van der Waals surface area contributed by atoms with Gasteiger partial charge in [0.2, 0.25) is 0 Å². The van der Waals surface area contributed by atoms with Gasteiger partial charge in [0.25, 0.3) is 0 Å². The molecule has 0 atom stereocenters. The molecule has 1 rings (SSSR count). The van der Waals surface area contributed by atoms with E-state index in [2.05, 4.69) is 29.9 Å². The lowest BCUT2D eigenvalue weighted by Crippen LogP contribution is -2.49. The Morgan fingerprint density at radius 3 is 2.18 bits per heavy atom. The van der Waals surface area contributed by atoms with E-state index in [0.29, 0.717) is 0 Å². The van der Waals surface area contributed by atoms with Crippen LogP contribution < -0.4 is 0 Å². The maximum absolute atomic E-state index is 3.93. The van der Waals surface area contributed by atoms with E-state index in [1.54, 1.807) is 0 Å². The summed E-state index contributed by atoms with van der Waals surface area (Å²) in [4.78, 5) is 0. The first-order valence-electron chi connectivity index (χ1n) is 4.55. The molecule has 1 nitrogen and oxygen atoms in total. The zero-order chi connectivity index (χ0) is 8.32. The zero-order valence-corrected chi connectivity index (χ0v) is 8.77. The first-order valence-corrected chi connectivity index (χ1v) is 7.58. The number of hydrogen-bond acceptors (Lipinski definition) is 1. The van der Waals surface area contributed by atoms with Crippen LogP contribution >= 0.6 is 0 Å². The van der Waals surface area contributed by atoms with Crippen LogP contribution in [0.3, 0.4) is 0 Å². The Balaban J connectivity index is 2.50. The van der Waals surface area contributed by atoms with Gasteiger partial charge in [-0.15, -0.1) is 6.58 Å². The fourth-order valence-electron chi connectivity index (χ4n) is 1.60. The van der Waals surface area contributed by atoms with Gasteiger partial charge >= 0.3 is 0 Å². The lowest BCUT2D eigenvalue weighted by Gasteiger charge is -2.37. The molecule has 0 N–H and O–H groups in total. The summed E-state index contributed by atoms with van der Waals surface area (Å²) in [5.41, 5.74) is 2.19. The molecule has 0 saturated carbocycles. The van der Waals surface area contributed by atoms with Gasteiger partial charge in [0, 0.05) is 0 Å². The topological polar surface area (TPSA) is 3.24 Å². The van der Waals surface area contributed by atoms with E-state index in [4.69, 9.17) is 0 Å². The maximum atomic E-state index is 3.93. The van der Waals surface area contributed by atoms with E-state index in [9.17, 15) is 0 Å². The summed E-state index contributed by atoms with van der Waals surface area (Å²) < 4.78 is 2.66. The van der Waals surface area contributed by atoms with Gasteiger partial charge in [0.15, 0.2) is 0 Å². The van der Waals surface area contributed by atoms with Gasteiger partial charge in [-0.1, -0.05) is 25.2 Å². The third-order valence-corrected chi connectivity index (χ3v) is 5.75. The maximum Gasteiger partial charge on any atom is 0.146 e. The summed E-state index contributed by atoms with van der Waals surface area (Å²) in [6.45, 7) is 11.3. The molecule has 0 aromatic carbocycles. The molecule has 0 aliphatic carbocycles. The summed E-state index contributed by atoms with van der Waals surface area (Å²) in [7, 11) is -1.18. The minimum absolute atomic E-state index is 1.18. The van der Waals surface area contributed by atoms with Crippen LogP contribution in [0.5, 0.6) is 0 Å². The van der Waals surface area contributed by atoms with Crippen molar-refractivity contribution >= 4 is 8.24 Å². The molecule has 1 fully saturated rings. The molecule has 1 heterocycles. The molecular formula is C9H19NSi. The van der Waals surface area contributed by atoms with Crippen molar-refractivity contribution in [3.8, 4) is 0 Å². The monoisotopic (exact) mass is 169 g/mol. The van der Waals surface area contributed by atoms with Crippen molar-refractivity contribution in [1.82, 2.24) is 4.57 Å². The summed E-state index contributed by atoms with van der Waals surface area (Å²) in [6, 6.07) is 0. The summed E-state index contributed by atoms with van der Waals surface area (Å²) >= 11 is 0. The number of nitrogens with zero attached hydrogens (tertiary/aromatic N) is 1. The smallest absolute Gasteiger partial charge is 0.146 e. The van der Waals surface area contributed by atoms with Crippen molar-refractivity contribution < 1.29 is 0 Å². The third-order valence-electron chi connectivity index (χ3n) is 2.67. The van der Waals surface area contributed by atoms with Crippen LogP contribution in [0.15, 0.2) is 12.3 Å². The van der Waals surface area contributed by atoms with Gasteiger partial charge in [0.05, 0.1) is 0 Å². The predicted octanol–water partition coefficient (Wildman–Crippen LogP) is 2.40. The second-order valence-corrected chi connectivity index (χ2v) is 8.25. The van der Waals surface area contributed by atoms with Crippen LogP contribution in [-0.4, -0.2) is 25.9 Å². The number of piperidine rings is 1. The van der Waals surface area contributed by atoms with Crippen LogP contribution in [-0.2, 0) is 0 Å². The van der Waals surface area contributed by atoms with Gasteiger partial charge in [-0.2, -0.15) is 0 Å². The van der Waals surface area contributed by atoms with Crippen molar-refractivity contribution in [3.05, 3.63) is 12.3 Å². The Kier molecular flexibility index (Phi) is 2.90. The Bertz CT molecular complexity index is 136. The molecule has 0 aromatic rings. The van der Waals surface area contributed by atoms with E-state index < -0.39 is 8.24 Å². The fourth-order valence-corrected chi connectivity index (χ4v) is 3.33. The van der Waals surface area contributed by atoms with E-state index in [0.717, 1.165) is 0 Å². The highest BCUT2D eigenvalue weighted by Gasteiger charge is 2.26. The van der Waals surface area contributed by atoms with Gasteiger partial charge in [-0.05, 0) is 25.9 Å². The van der Waals surface area contributed by atoms with Crippen molar-refractivity contribution in [3.63, 3.8) is 0 Å². The molecule has 0 radical (unpaired) electrons. The van der Waals surface area contributed by atoms with E-state index in [1.807, 2.05) is 0 Å². The largest absolute Gasteiger partial charge is 0.321 e. The molecule has 64 valence electrons. The standard InChI is InChI=1S/C9H19NSi/c1-4-11(2,3)10-8-6-5-7-9-10/h4H,1,5-9H2,2-3H3.